The van der Waals surface area contributed by atoms with Crippen LogP contribution in [0.2, 0.25) is 0 Å². The van der Waals surface area contributed by atoms with Crippen LogP contribution in [0.1, 0.15) is 11.3 Å². The monoisotopic (exact) mass is 291 g/mol. The standard InChI is InChI=1S/C12H9N3O2S2/c16-15(17)8-3-1-7(2-4-8)11-13-10-6-19-5-9(10)12(18)14-11/h1-4H,5-6H2,(H,13,14,18). The van der Waals surface area contributed by atoms with Gasteiger partial charge >= 0.3 is 0 Å². The van der Waals surface area contributed by atoms with Crippen LogP contribution >= 0.6 is 24.0 Å². The zero-order chi connectivity index (χ0) is 13.4. The maximum absolute atomic E-state index is 10.6. The van der Waals surface area contributed by atoms with Crippen molar-refractivity contribution in [1.29, 1.82) is 0 Å². The summed E-state index contributed by atoms with van der Waals surface area (Å²) in [5, 5.41) is 10.6. The van der Waals surface area contributed by atoms with Crippen molar-refractivity contribution in [3.05, 3.63) is 50.3 Å². The molecule has 1 N–H and O–H groups in total. The number of fused-ring (bicyclic) bond motifs is 1. The summed E-state index contributed by atoms with van der Waals surface area (Å²) in [6.07, 6.45) is 0. The minimum absolute atomic E-state index is 0.0686. The molecule has 5 nitrogen and oxygen atoms in total. The number of H-pyrrole nitrogens is 1. The van der Waals surface area contributed by atoms with Gasteiger partial charge in [-0.1, -0.05) is 12.2 Å². The van der Waals surface area contributed by atoms with Crippen LogP contribution in [0.15, 0.2) is 24.3 Å². The molecule has 0 aliphatic carbocycles. The normalized spacial score (nSPS) is 13.3. The van der Waals surface area contributed by atoms with E-state index in [2.05, 4.69) is 9.97 Å². The van der Waals surface area contributed by atoms with Crippen LogP contribution in [0.4, 0.5) is 5.69 Å². The second-order valence-corrected chi connectivity index (χ2v) is 5.52. The van der Waals surface area contributed by atoms with Crippen LogP contribution in [-0.4, -0.2) is 14.9 Å². The maximum atomic E-state index is 10.6. The van der Waals surface area contributed by atoms with Crippen molar-refractivity contribution in [3.8, 4) is 11.4 Å². The highest BCUT2D eigenvalue weighted by molar-refractivity contribution is 7.98. The molecule has 1 aromatic carbocycles. The van der Waals surface area contributed by atoms with Crippen LogP contribution in [0.5, 0.6) is 0 Å². The first-order valence-electron chi connectivity index (χ1n) is 5.60. The Morgan fingerprint density at radius 3 is 2.74 bits per heavy atom. The highest BCUT2D eigenvalue weighted by Gasteiger charge is 2.16. The second kappa shape index (κ2) is 4.75. The second-order valence-electron chi connectivity index (χ2n) is 4.14. The average Bonchev–Trinajstić information content (AvgIpc) is 2.87. The number of benzene rings is 1. The molecule has 1 aliphatic heterocycles. The average molecular weight is 291 g/mol. The molecule has 7 heteroatoms. The van der Waals surface area contributed by atoms with Gasteiger partial charge in [0, 0.05) is 40.5 Å². The topological polar surface area (TPSA) is 71.8 Å². The number of aromatic amines is 1. The molecule has 3 rings (SSSR count). The van der Waals surface area contributed by atoms with Crippen LogP contribution in [0.3, 0.4) is 0 Å². The number of nitro benzene ring substituents is 1. The Balaban J connectivity index is 2.05. The quantitative estimate of drug-likeness (QED) is 0.521. The molecule has 96 valence electrons. The van der Waals surface area contributed by atoms with Crippen LogP contribution in [0.25, 0.3) is 11.4 Å². The lowest BCUT2D eigenvalue weighted by Crippen LogP contribution is -1.97. The highest BCUT2D eigenvalue weighted by atomic mass is 32.2. The lowest BCUT2D eigenvalue weighted by atomic mass is 10.2. The maximum Gasteiger partial charge on any atom is 0.269 e. The first-order valence-corrected chi connectivity index (χ1v) is 7.16. The van der Waals surface area contributed by atoms with E-state index in [0.717, 1.165) is 28.3 Å². The molecule has 2 heterocycles. The first-order chi connectivity index (χ1) is 9.15. The lowest BCUT2D eigenvalue weighted by molar-refractivity contribution is -0.384. The number of nitrogens with zero attached hydrogens (tertiary/aromatic N) is 2. The fourth-order valence-corrected chi connectivity index (χ4v) is 3.40. The Bertz CT molecular complexity index is 710. The third-order valence-electron chi connectivity index (χ3n) is 2.95. The van der Waals surface area contributed by atoms with Crippen LogP contribution in [-0.2, 0) is 11.5 Å². The van der Waals surface area contributed by atoms with Crippen molar-refractivity contribution >= 4 is 29.7 Å². The van der Waals surface area contributed by atoms with E-state index < -0.39 is 4.92 Å². The Kier molecular flexibility index (Phi) is 3.08. The highest BCUT2D eigenvalue weighted by Crippen LogP contribution is 2.30. The van der Waals surface area contributed by atoms with Crippen molar-refractivity contribution < 1.29 is 4.92 Å². The Morgan fingerprint density at radius 1 is 1.32 bits per heavy atom. The summed E-state index contributed by atoms with van der Waals surface area (Å²) in [6.45, 7) is 0. The summed E-state index contributed by atoms with van der Waals surface area (Å²) < 4.78 is 0.618. The number of nitrogens with one attached hydrogen (secondary N) is 1. The summed E-state index contributed by atoms with van der Waals surface area (Å²) in [5.41, 5.74) is 3.08. The van der Waals surface area contributed by atoms with Crippen molar-refractivity contribution in [2.24, 2.45) is 0 Å². The molecule has 0 saturated carbocycles. The number of thioether (sulfide) groups is 1. The number of nitro groups is 1. The summed E-state index contributed by atoms with van der Waals surface area (Å²) >= 11 is 7.08. The minimum Gasteiger partial charge on any atom is -0.342 e. The predicted molar refractivity (Wildman–Crippen MR) is 76.5 cm³/mol. The predicted octanol–water partition coefficient (Wildman–Crippen LogP) is 3.46. The van der Waals surface area contributed by atoms with E-state index in [9.17, 15) is 10.1 Å². The molecule has 0 spiro atoms. The van der Waals surface area contributed by atoms with E-state index in [0.29, 0.717) is 10.5 Å². The molecule has 1 aromatic heterocycles. The molecular weight excluding hydrogens is 282 g/mol. The van der Waals surface area contributed by atoms with Gasteiger partial charge in [-0.25, -0.2) is 4.98 Å². The van der Waals surface area contributed by atoms with Gasteiger partial charge in [-0.15, -0.1) is 0 Å². The van der Waals surface area contributed by atoms with E-state index in [4.69, 9.17) is 12.2 Å². The smallest absolute Gasteiger partial charge is 0.269 e. The zero-order valence-electron chi connectivity index (χ0n) is 9.75. The zero-order valence-corrected chi connectivity index (χ0v) is 11.4. The Morgan fingerprint density at radius 2 is 2.05 bits per heavy atom. The van der Waals surface area contributed by atoms with Crippen molar-refractivity contribution in [3.63, 3.8) is 0 Å². The van der Waals surface area contributed by atoms with Crippen molar-refractivity contribution in [1.82, 2.24) is 9.97 Å². The van der Waals surface area contributed by atoms with E-state index in [1.54, 1.807) is 23.9 Å². The largest absolute Gasteiger partial charge is 0.342 e. The molecular formula is C12H9N3O2S2. The van der Waals surface area contributed by atoms with Gasteiger partial charge in [0.1, 0.15) is 10.5 Å². The SMILES string of the molecule is O=[N+]([O-])c1ccc(-c2nc(=S)c3c([nH]2)CSC3)cc1. The third kappa shape index (κ3) is 2.26. The molecule has 0 unspecified atom stereocenters. The van der Waals surface area contributed by atoms with Crippen molar-refractivity contribution in [2.45, 2.75) is 11.5 Å². The summed E-state index contributed by atoms with van der Waals surface area (Å²) in [5.74, 6) is 2.47. The van der Waals surface area contributed by atoms with Crippen LogP contribution < -0.4 is 0 Å². The molecule has 0 fully saturated rings. The molecule has 0 atom stereocenters. The molecule has 1 aliphatic rings. The summed E-state index contributed by atoms with van der Waals surface area (Å²) in [4.78, 5) is 17.8. The fraction of sp³-hybridized carbons (Fsp3) is 0.167. The van der Waals surface area contributed by atoms with Gasteiger partial charge < -0.3 is 4.98 Å². The number of rotatable bonds is 2. The summed E-state index contributed by atoms with van der Waals surface area (Å²) in [7, 11) is 0. The molecule has 0 radical (unpaired) electrons. The van der Waals surface area contributed by atoms with Gasteiger partial charge in [-0.05, 0) is 12.1 Å². The Hall–Kier alpha value is -1.73. The van der Waals surface area contributed by atoms with Gasteiger partial charge in [-0.3, -0.25) is 10.1 Å². The summed E-state index contributed by atoms with van der Waals surface area (Å²) in [6, 6.07) is 6.30. The van der Waals surface area contributed by atoms with Gasteiger partial charge in [0.15, 0.2) is 0 Å². The van der Waals surface area contributed by atoms with E-state index >= 15 is 0 Å². The minimum atomic E-state index is -0.418. The Labute approximate surface area is 118 Å². The number of hydrogen-bond acceptors (Lipinski definition) is 5. The van der Waals surface area contributed by atoms with Crippen molar-refractivity contribution in [2.75, 3.05) is 0 Å². The number of non-ortho nitro benzene ring substituents is 1. The fourth-order valence-electron chi connectivity index (χ4n) is 1.95. The van der Waals surface area contributed by atoms with Gasteiger partial charge in [0.25, 0.3) is 5.69 Å². The molecule has 0 saturated heterocycles. The number of hydrogen-bond donors (Lipinski definition) is 1. The van der Waals surface area contributed by atoms with Gasteiger partial charge in [0.2, 0.25) is 0 Å². The van der Waals surface area contributed by atoms with Crippen LogP contribution in [0, 0.1) is 14.8 Å². The molecule has 19 heavy (non-hydrogen) atoms. The van der Waals surface area contributed by atoms with Gasteiger partial charge in [-0.2, -0.15) is 11.8 Å². The molecule has 2 aromatic rings. The number of aromatic nitrogens is 2. The van der Waals surface area contributed by atoms with Gasteiger partial charge in [0.05, 0.1) is 4.92 Å². The van der Waals surface area contributed by atoms with E-state index in [1.807, 2.05) is 0 Å². The van der Waals surface area contributed by atoms with E-state index in [1.165, 1.54) is 12.1 Å². The molecule has 0 bridgehead atoms. The first kappa shape index (κ1) is 12.3. The lowest BCUT2D eigenvalue weighted by Gasteiger charge is -2.05. The molecule has 0 amide bonds. The third-order valence-corrected chi connectivity index (χ3v) is 4.27. The van der Waals surface area contributed by atoms with E-state index in [-0.39, 0.29) is 5.69 Å².